The molecule has 0 atom stereocenters. The van der Waals surface area contributed by atoms with Gasteiger partial charge in [-0.15, -0.1) is 11.3 Å². The SMILES string of the molecule is [Ir].c1ccc2[n-]c(-c3nccs3)nc2c1. The topological polar surface area (TPSA) is 39.9 Å². The second-order valence-corrected chi connectivity index (χ2v) is 3.77. The summed E-state index contributed by atoms with van der Waals surface area (Å²) >= 11 is 1.56. The van der Waals surface area contributed by atoms with Crippen LogP contribution in [0.5, 0.6) is 0 Å². The van der Waals surface area contributed by atoms with Gasteiger partial charge in [-0.1, -0.05) is 24.3 Å². The number of benzene rings is 1. The minimum Gasteiger partial charge on any atom is -0.433 e. The van der Waals surface area contributed by atoms with Gasteiger partial charge in [-0.25, -0.2) is 4.98 Å². The minimum absolute atomic E-state index is 0. The fourth-order valence-corrected chi connectivity index (χ4v) is 1.90. The third-order valence-corrected chi connectivity index (χ3v) is 2.73. The number of hydrogen-bond acceptors (Lipinski definition) is 3. The van der Waals surface area contributed by atoms with Gasteiger partial charge in [0, 0.05) is 31.7 Å². The molecule has 3 nitrogen and oxygen atoms in total. The van der Waals surface area contributed by atoms with Crippen molar-refractivity contribution in [2.24, 2.45) is 0 Å². The van der Waals surface area contributed by atoms with Crippen LogP contribution >= 0.6 is 11.3 Å². The molecule has 0 bridgehead atoms. The molecule has 2 heterocycles. The zero-order valence-corrected chi connectivity index (χ0v) is 10.8. The van der Waals surface area contributed by atoms with E-state index in [2.05, 4.69) is 15.0 Å². The Labute approximate surface area is 104 Å². The van der Waals surface area contributed by atoms with Gasteiger partial charge in [-0.05, 0) is 16.9 Å². The van der Waals surface area contributed by atoms with Crippen LogP contribution in [-0.2, 0) is 20.1 Å². The first kappa shape index (κ1) is 10.5. The summed E-state index contributed by atoms with van der Waals surface area (Å²) in [7, 11) is 0. The van der Waals surface area contributed by atoms with Crippen LogP contribution in [0.1, 0.15) is 0 Å². The third-order valence-electron chi connectivity index (χ3n) is 1.96. The van der Waals surface area contributed by atoms with Crippen molar-refractivity contribution in [3.05, 3.63) is 35.8 Å². The van der Waals surface area contributed by atoms with Crippen molar-refractivity contribution in [1.82, 2.24) is 15.0 Å². The van der Waals surface area contributed by atoms with Crippen LogP contribution in [0.25, 0.3) is 21.9 Å². The van der Waals surface area contributed by atoms with Crippen molar-refractivity contribution >= 4 is 22.4 Å². The number of para-hydroxylation sites is 2. The molecule has 0 aliphatic carbocycles. The van der Waals surface area contributed by atoms with E-state index in [4.69, 9.17) is 0 Å². The molecule has 0 amide bonds. The molecule has 0 aliphatic heterocycles. The van der Waals surface area contributed by atoms with Crippen molar-refractivity contribution < 1.29 is 20.1 Å². The van der Waals surface area contributed by atoms with E-state index in [9.17, 15) is 0 Å². The molecule has 0 saturated heterocycles. The Balaban J connectivity index is 0.000000853. The Morgan fingerprint density at radius 3 is 2.80 bits per heavy atom. The molecule has 0 N–H and O–H groups in total. The van der Waals surface area contributed by atoms with Crippen LogP contribution in [0.2, 0.25) is 0 Å². The largest absolute Gasteiger partial charge is 0.433 e. The molecule has 0 unspecified atom stereocenters. The second-order valence-electron chi connectivity index (χ2n) is 2.87. The van der Waals surface area contributed by atoms with Gasteiger partial charge in [-0.2, -0.15) is 0 Å². The number of nitrogens with zero attached hydrogens (tertiary/aromatic N) is 3. The van der Waals surface area contributed by atoms with Crippen LogP contribution < -0.4 is 4.98 Å². The molecule has 3 aromatic rings. The summed E-state index contributed by atoms with van der Waals surface area (Å²) in [6.07, 6.45) is 1.76. The van der Waals surface area contributed by atoms with Crippen LogP contribution in [0.15, 0.2) is 35.8 Å². The molecule has 0 spiro atoms. The Morgan fingerprint density at radius 1 is 1.20 bits per heavy atom. The summed E-state index contributed by atoms with van der Waals surface area (Å²) in [5.74, 6) is 0.723. The van der Waals surface area contributed by atoms with Gasteiger partial charge in [0.2, 0.25) is 0 Å². The molecular weight excluding hydrogens is 386 g/mol. The number of fused-ring (bicyclic) bond motifs is 1. The Bertz CT molecular complexity index is 526. The summed E-state index contributed by atoms with van der Waals surface area (Å²) in [6.45, 7) is 0. The fourth-order valence-electron chi connectivity index (χ4n) is 1.34. The molecule has 0 fully saturated rings. The number of aromatic nitrogens is 3. The van der Waals surface area contributed by atoms with Crippen LogP contribution in [0, 0.1) is 0 Å². The standard InChI is InChI=1S/C10H6N3S.Ir/c1-2-4-8-7(3-1)12-9(13-8)10-11-5-6-14-10;/h1-6H;/q-1;. The van der Waals surface area contributed by atoms with Gasteiger partial charge < -0.3 is 9.97 Å². The molecule has 0 aliphatic rings. The molecular formula is C10H6IrN3S-. The van der Waals surface area contributed by atoms with Gasteiger partial charge >= 0.3 is 0 Å². The zero-order valence-electron chi connectivity index (χ0n) is 7.55. The average molecular weight is 392 g/mol. The maximum atomic E-state index is 4.39. The van der Waals surface area contributed by atoms with Crippen molar-refractivity contribution in [3.8, 4) is 10.8 Å². The Morgan fingerprint density at radius 2 is 2.07 bits per heavy atom. The predicted molar refractivity (Wildman–Crippen MR) is 56.2 cm³/mol. The summed E-state index contributed by atoms with van der Waals surface area (Å²) < 4.78 is 0. The summed E-state index contributed by atoms with van der Waals surface area (Å²) in [5.41, 5.74) is 1.86. The van der Waals surface area contributed by atoms with Gasteiger partial charge in [0.05, 0.1) is 0 Å². The fraction of sp³-hybridized carbons (Fsp3) is 0. The quantitative estimate of drug-likeness (QED) is 0.638. The van der Waals surface area contributed by atoms with Crippen LogP contribution in [-0.4, -0.2) is 9.97 Å². The molecule has 1 aromatic carbocycles. The van der Waals surface area contributed by atoms with E-state index in [1.54, 1.807) is 17.5 Å². The van der Waals surface area contributed by atoms with Gasteiger partial charge in [0.15, 0.2) is 0 Å². The van der Waals surface area contributed by atoms with E-state index in [1.807, 2.05) is 29.6 Å². The first-order chi connectivity index (χ1) is 6.93. The van der Waals surface area contributed by atoms with Gasteiger partial charge in [0.25, 0.3) is 0 Å². The Hall–Kier alpha value is -1.03. The van der Waals surface area contributed by atoms with Crippen molar-refractivity contribution in [3.63, 3.8) is 0 Å². The molecule has 77 valence electrons. The second kappa shape index (κ2) is 4.23. The number of imidazole rings is 1. The summed E-state index contributed by atoms with van der Waals surface area (Å²) in [5, 5.41) is 2.80. The van der Waals surface area contributed by atoms with E-state index >= 15 is 0 Å². The predicted octanol–water partition coefficient (Wildman–Crippen LogP) is 2.31. The molecule has 0 saturated carbocycles. The van der Waals surface area contributed by atoms with E-state index in [0.717, 1.165) is 21.9 Å². The van der Waals surface area contributed by atoms with Crippen LogP contribution in [0.4, 0.5) is 0 Å². The maximum absolute atomic E-state index is 4.39. The third kappa shape index (κ3) is 1.86. The minimum atomic E-state index is 0. The van der Waals surface area contributed by atoms with Crippen LogP contribution in [0.3, 0.4) is 0 Å². The molecule has 1 radical (unpaired) electrons. The van der Waals surface area contributed by atoms with Crippen molar-refractivity contribution in [1.29, 1.82) is 0 Å². The monoisotopic (exact) mass is 393 g/mol. The van der Waals surface area contributed by atoms with Crippen molar-refractivity contribution in [2.75, 3.05) is 0 Å². The average Bonchev–Trinajstić information content (AvgIpc) is 2.86. The molecule has 5 heteroatoms. The normalized spacial score (nSPS) is 10.1. The smallest absolute Gasteiger partial charge is 0.115 e. The van der Waals surface area contributed by atoms with Gasteiger partial charge in [-0.3, -0.25) is 0 Å². The number of thiazole rings is 1. The van der Waals surface area contributed by atoms with Gasteiger partial charge in [0.1, 0.15) is 5.01 Å². The summed E-state index contributed by atoms with van der Waals surface area (Å²) in [6, 6.07) is 7.84. The number of hydrogen-bond donors (Lipinski definition) is 0. The Kier molecular flexibility index (Phi) is 2.95. The molecule has 3 rings (SSSR count). The maximum Gasteiger partial charge on any atom is 0.115 e. The van der Waals surface area contributed by atoms with E-state index in [1.165, 1.54) is 0 Å². The molecule has 15 heavy (non-hydrogen) atoms. The van der Waals surface area contributed by atoms with E-state index in [-0.39, 0.29) is 20.1 Å². The first-order valence-corrected chi connectivity index (χ1v) is 5.11. The van der Waals surface area contributed by atoms with E-state index < -0.39 is 0 Å². The van der Waals surface area contributed by atoms with Crippen molar-refractivity contribution in [2.45, 2.75) is 0 Å². The summed E-state index contributed by atoms with van der Waals surface area (Å²) in [4.78, 5) is 13.0. The zero-order chi connectivity index (χ0) is 9.38. The number of rotatable bonds is 1. The molecule has 2 aromatic heterocycles. The van der Waals surface area contributed by atoms with E-state index in [0.29, 0.717) is 0 Å². The first-order valence-electron chi connectivity index (χ1n) is 4.23.